The number of carbonyl (C=O) groups excluding carboxylic acids is 2. The highest BCUT2D eigenvalue weighted by molar-refractivity contribution is 5.94. The Morgan fingerprint density at radius 1 is 1.07 bits per heavy atom. The van der Waals surface area contributed by atoms with Crippen molar-refractivity contribution in [2.24, 2.45) is 5.92 Å². The number of carbonyl (C=O) groups is 2. The van der Waals surface area contributed by atoms with Crippen molar-refractivity contribution in [2.45, 2.75) is 31.2 Å². The molecule has 2 amide bonds. The Balaban J connectivity index is 1.58. The van der Waals surface area contributed by atoms with Crippen LogP contribution in [0, 0.1) is 11.7 Å². The molecule has 0 bridgehead atoms. The maximum Gasteiger partial charge on any atom is 0.417 e. The second-order valence-corrected chi connectivity index (χ2v) is 7.58. The fourth-order valence-electron chi connectivity index (χ4n) is 4.29. The molecule has 152 valence electrons. The smallest absolute Gasteiger partial charge is 0.417 e. The third kappa shape index (κ3) is 4.32. The number of hydrogen-bond donors (Lipinski definition) is 0. The second kappa shape index (κ2) is 8.74. The first kappa shape index (κ1) is 19.6. The van der Waals surface area contributed by atoms with Crippen molar-refractivity contribution >= 4 is 12.0 Å². The van der Waals surface area contributed by atoms with Gasteiger partial charge in [-0.15, -0.1) is 0 Å². The van der Waals surface area contributed by atoms with Gasteiger partial charge in [-0.05, 0) is 47.9 Å². The van der Waals surface area contributed by atoms with Crippen LogP contribution in [0.15, 0.2) is 54.6 Å². The Bertz CT molecular complexity index is 849. The van der Waals surface area contributed by atoms with Crippen LogP contribution in [0.1, 0.15) is 42.3 Å². The van der Waals surface area contributed by atoms with Crippen LogP contribution < -0.4 is 0 Å². The molecular formula is C23H24FNO4. The maximum absolute atomic E-state index is 13.4. The fourth-order valence-corrected chi connectivity index (χ4v) is 4.29. The van der Waals surface area contributed by atoms with Gasteiger partial charge >= 0.3 is 6.09 Å². The largest absolute Gasteiger partial charge is 0.446 e. The molecule has 0 spiro atoms. The number of rotatable bonds is 5. The summed E-state index contributed by atoms with van der Waals surface area (Å²) in [4.78, 5) is 26.8. The molecule has 0 aliphatic carbocycles. The molecule has 2 heterocycles. The van der Waals surface area contributed by atoms with E-state index in [0.717, 1.165) is 24.0 Å². The SMILES string of the molecule is O=C(C[C@@H](c1ccc(F)cc1)C1CCOCC1)N1C(=O)OC[C@@H]1c1ccccc1. The molecule has 2 atom stereocenters. The normalized spacial score (nSPS) is 21.1. The molecule has 4 rings (SSSR count). The third-order valence-electron chi connectivity index (χ3n) is 5.85. The fraction of sp³-hybridized carbons (Fsp3) is 0.391. The number of halogens is 1. The van der Waals surface area contributed by atoms with Gasteiger partial charge in [0.15, 0.2) is 0 Å². The molecule has 0 aromatic heterocycles. The van der Waals surface area contributed by atoms with Gasteiger partial charge in [0.05, 0.1) is 0 Å². The average molecular weight is 397 g/mol. The van der Waals surface area contributed by atoms with E-state index in [2.05, 4.69) is 0 Å². The van der Waals surface area contributed by atoms with E-state index in [0.29, 0.717) is 13.2 Å². The first-order valence-electron chi connectivity index (χ1n) is 10.0. The standard InChI is InChI=1S/C23H24FNO4/c24-19-8-6-16(7-9-19)20(17-10-12-28-13-11-17)14-22(26)25-21(15-29-23(25)27)18-4-2-1-3-5-18/h1-9,17,20-21H,10-15H2/t20-,21+/m0/s1. The van der Waals surface area contributed by atoms with E-state index in [-0.39, 0.29) is 36.6 Å². The van der Waals surface area contributed by atoms with Crippen LogP contribution in [0.4, 0.5) is 9.18 Å². The molecule has 2 fully saturated rings. The summed E-state index contributed by atoms with van der Waals surface area (Å²) >= 11 is 0. The number of nitrogens with zero attached hydrogens (tertiary/aromatic N) is 1. The van der Waals surface area contributed by atoms with Gasteiger partial charge in [-0.25, -0.2) is 14.1 Å². The van der Waals surface area contributed by atoms with Crippen LogP contribution in [-0.4, -0.2) is 36.7 Å². The summed E-state index contributed by atoms with van der Waals surface area (Å²) in [6.45, 7) is 1.46. The molecular weight excluding hydrogens is 373 g/mol. The van der Waals surface area contributed by atoms with Crippen molar-refractivity contribution in [3.8, 4) is 0 Å². The average Bonchev–Trinajstić information content (AvgIpc) is 3.15. The first-order valence-corrected chi connectivity index (χ1v) is 10.0. The van der Waals surface area contributed by atoms with E-state index in [1.165, 1.54) is 17.0 Å². The van der Waals surface area contributed by atoms with E-state index in [1.54, 1.807) is 12.1 Å². The van der Waals surface area contributed by atoms with Gasteiger partial charge < -0.3 is 9.47 Å². The van der Waals surface area contributed by atoms with Crippen molar-refractivity contribution in [1.29, 1.82) is 0 Å². The van der Waals surface area contributed by atoms with Crippen LogP contribution in [0.3, 0.4) is 0 Å². The number of imide groups is 1. The zero-order valence-electron chi connectivity index (χ0n) is 16.1. The third-order valence-corrected chi connectivity index (χ3v) is 5.85. The molecule has 0 N–H and O–H groups in total. The van der Waals surface area contributed by atoms with Crippen LogP contribution >= 0.6 is 0 Å². The van der Waals surface area contributed by atoms with Crippen molar-refractivity contribution in [1.82, 2.24) is 4.90 Å². The highest BCUT2D eigenvalue weighted by atomic mass is 19.1. The van der Waals surface area contributed by atoms with E-state index in [9.17, 15) is 14.0 Å². The van der Waals surface area contributed by atoms with Crippen LogP contribution in [0.25, 0.3) is 0 Å². The Kier molecular flexibility index (Phi) is 5.90. The second-order valence-electron chi connectivity index (χ2n) is 7.58. The summed E-state index contributed by atoms with van der Waals surface area (Å²) < 4.78 is 24.1. The Morgan fingerprint density at radius 3 is 2.45 bits per heavy atom. The van der Waals surface area contributed by atoms with Crippen LogP contribution in [0.5, 0.6) is 0 Å². The minimum Gasteiger partial charge on any atom is -0.446 e. The van der Waals surface area contributed by atoms with E-state index in [1.807, 2.05) is 30.3 Å². The van der Waals surface area contributed by atoms with Gasteiger partial charge in [-0.3, -0.25) is 4.79 Å². The zero-order valence-corrected chi connectivity index (χ0v) is 16.1. The predicted octanol–water partition coefficient (Wildman–Crippen LogP) is 4.45. The van der Waals surface area contributed by atoms with Gasteiger partial charge in [0.1, 0.15) is 18.5 Å². The molecule has 2 aliphatic rings. The molecule has 2 aromatic carbocycles. The van der Waals surface area contributed by atoms with E-state index in [4.69, 9.17) is 9.47 Å². The molecule has 0 unspecified atom stereocenters. The zero-order chi connectivity index (χ0) is 20.2. The monoisotopic (exact) mass is 397 g/mol. The first-order chi connectivity index (χ1) is 14.1. The summed E-state index contributed by atoms with van der Waals surface area (Å²) in [5.41, 5.74) is 1.78. The molecule has 2 aliphatic heterocycles. The van der Waals surface area contributed by atoms with Crippen molar-refractivity contribution < 1.29 is 23.5 Å². The number of ether oxygens (including phenoxy) is 2. The number of cyclic esters (lactones) is 1. The van der Waals surface area contributed by atoms with Gasteiger partial charge in [-0.1, -0.05) is 42.5 Å². The molecule has 0 saturated carbocycles. The molecule has 5 nitrogen and oxygen atoms in total. The van der Waals surface area contributed by atoms with Gasteiger partial charge in [-0.2, -0.15) is 0 Å². The summed E-state index contributed by atoms with van der Waals surface area (Å²) in [5.74, 6) is -0.427. The Labute approximate surface area is 169 Å². The highest BCUT2D eigenvalue weighted by Crippen LogP contribution is 2.37. The Morgan fingerprint density at radius 2 is 1.76 bits per heavy atom. The van der Waals surface area contributed by atoms with E-state index < -0.39 is 12.1 Å². The summed E-state index contributed by atoms with van der Waals surface area (Å²) in [6, 6.07) is 15.3. The lowest BCUT2D eigenvalue weighted by Crippen LogP contribution is -2.36. The summed E-state index contributed by atoms with van der Waals surface area (Å²) in [7, 11) is 0. The Hall–Kier alpha value is -2.73. The summed E-state index contributed by atoms with van der Waals surface area (Å²) in [6.07, 6.45) is 1.24. The molecule has 29 heavy (non-hydrogen) atoms. The topological polar surface area (TPSA) is 55.8 Å². The lowest BCUT2D eigenvalue weighted by molar-refractivity contribution is -0.130. The van der Waals surface area contributed by atoms with Gasteiger partial charge in [0, 0.05) is 19.6 Å². The van der Waals surface area contributed by atoms with E-state index >= 15 is 0 Å². The van der Waals surface area contributed by atoms with Gasteiger partial charge in [0.25, 0.3) is 0 Å². The molecule has 2 aromatic rings. The highest BCUT2D eigenvalue weighted by Gasteiger charge is 2.40. The van der Waals surface area contributed by atoms with Crippen LogP contribution in [0.2, 0.25) is 0 Å². The lowest BCUT2D eigenvalue weighted by Gasteiger charge is -2.31. The molecule has 6 heteroatoms. The number of benzene rings is 2. The van der Waals surface area contributed by atoms with Crippen molar-refractivity contribution in [3.05, 3.63) is 71.5 Å². The van der Waals surface area contributed by atoms with Crippen molar-refractivity contribution in [3.63, 3.8) is 0 Å². The number of amides is 2. The van der Waals surface area contributed by atoms with Crippen molar-refractivity contribution in [2.75, 3.05) is 19.8 Å². The van der Waals surface area contributed by atoms with Crippen LogP contribution in [-0.2, 0) is 14.3 Å². The summed E-state index contributed by atoms with van der Waals surface area (Å²) in [5, 5.41) is 0. The predicted molar refractivity (Wildman–Crippen MR) is 105 cm³/mol. The minimum atomic E-state index is -0.603. The maximum atomic E-state index is 13.4. The number of hydrogen-bond acceptors (Lipinski definition) is 4. The lowest BCUT2D eigenvalue weighted by atomic mass is 9.79. The minimum absolute atomic E-state index is 0.100. The molecule has 2 saturated heterocycles. The van der Waals surface area contributed by atoms with Gasteiger partial charge in [0.2, 0.25) is 5.91 Å². The molecule has 0 radical (unpaired) electrons. The quantitative estimate of drug-likeness (QED) is 0.748.